The zero-order valence-corrected chi connectivity index (χ0v) is 13.3. The van der Waals surface area contributed by atoms with Gasteiger partial charge in [0, 0.05) is 19.0 Å². The highest BCUT2D eigenvalue weighted by atomic mass is 16.6. The summed E-state index contributed by atoms with van der Waals surface area (Å²) in [6.45, 7) is 6.20. The summed E-state index contributed by atoms with van der Waals surface area (Å²) < 4.78 is 16.8. The van der Waals surface area contributed by atoms with Gasteiger partial charge in [-0.1, -0.05) is 12.1 Å². The molecule has 3 N–H and O–H groups in total. The zero-order chi connectivity index (χ0) is 16.2. The van der Waals surface area contributed by atoms with Crippen LogP contribution in [0.5, 0.6) is 11.5 Å². The largest absolute Gasteiger partial charge is 0.486 e. The van der Waals surface area contributed by atoms with Crippen molar-refractivity contribution in [3.05, 3.63) is 24.3 Å². The van der Waals surface area contributed by atoms with E-state index >= 15 is 0 Å². The molecular formula is C16H24N2O4. The predicted octanol–water partition coefficient (Wildman–Crippen LogP) is 2.07. The summed E-state index contributed by atoms with van der Waals surface area (Å²) >= 11 is 0. The van der Waals surface area contributed by atoms with Gasteiger partial charge in [-0.2, -0.15) is 0 Å². The van der Waals surface area contributed by atoms with E-state index in [4.69, 9.17) is 19.9 Å². The highest BCUT2D eigenvalue weighted by molar-refractivity contribution is 5.68. The predicted molar refractivity (Wildman–Crippen MR) is 83.2 cm³/mol. The van der Waals surface area contributed by atoms with Crippen molar-refractivity contribution in [1.82, 2.24) is 5.32 Å². The van der Waals surface area contributed by atoms with E-state index in [-0.39, 0.29) is 12.1 Å². The number of para-hydroxylation sites is 2. The lowest BCUT2D eigenvalue weighted by molar-refractivity contribution is 0.0454. The van der Waals surface area contributed by atoms with Crippen LogP contribution in [0.25, 0.3) is 0 Å². The second kappa shape index (κ2) is 6.87. The fourth-order valence-corrected chi connectivity index (χ4v) is 2.18. The second-order valence-corrected chi connectivity index (χ2v) is 6.31. The molecule has 1 amide bonds. The van der Waals surface area contributed by atoms with Crippen molar-refractivity contribution in [3.8, 4) is 11.5 Å². The molecule has 0 radical (unpaired) electrons. The van der Waals surface area contributed by atoms with Gasteiger partial charge < -0.3 is 25.3 Å². The first-order valence-electron chi connectivity index (χ1n) is 7.45. The van der Waals surface area contributed by atoms with Crippen LogP contribution in [0.3, 0.4) is 0 Å². The number of ether oxygens (including phenoxy) is 3. The maximum Gasteiger partial charge on any atom is 0.407 e. The molecule has 0 fully saturated rings. The van der Waals surface area contributed by atoms with Crippen molar-refractivity contribution in [1.29, 1.82) is 0 Å². The monoisotopic (exact) mass is 308 g/mol. The SMILES string of the molecule is CC(C)(C)OC(=O)NC(CN)CC1COc2ccccc2O1. The number of carbonyl (C=O) groups excluding carboxylic acids is 1. The molecule has 0 bridgehead atoms. The molecule has 2 unspecified atom stereocenters. The van der Waals surface area contributed by atoms with Crippen molar-refractivity contribution in [2.24, 2.45) is 5.73 Å². The van der Waals surface area contributed by atoms with Crippen LogP contribution >= 0.6 is 0 Å². The lowest BCUT2D eigenvalue weighted by Gasteiger charge is -2.29. The standard InChI is InChI=1S/C16H24N2O4/c1-16(2,3)22-15(19)18-11(9-17)8-12-10-20-13-6-4-5-7-14(13)21-12/h4-7,11-12H,8-10,17H2,1-3H3,(H,18,19). The van der Waals surface area contributed by atoms with E-state index in [0.29, 0.717) is 25.3 Å². The number of alkyl carbamates (subject to hydrolysis) is 1. The van der Waals surface area contributed by atoms with E-state index in [9.17, 15) is 4.79 Å². The summed E-state index contributed by atoms with van der Waals surface area (Å²) in [6.07, 6.45) is -0.0668. The lowest BCUT2D eigenvalue weighted by atomic mass is 10.1. The number of hydrogen-bond donors (Lipinski definition) is 2. The number of carbonyl (C=O) groups is 1. The first kappa shape index (κ1) is 16.4. The normalized spacial score (nSPS) is 18.5. The van der Waals surface area contributed by atoms with Crippen LogP contribution in [0.1, 0.15) is 27.2 Å². The first-order chi connectivity index (χ1) is 10.4. The maximum atomic E-state index is 11.8. The van der Waals surface area contributed by atoms with Crippen LogP contribution in [-0.2, 0) is 4.74 Å². The fraction of sp³-hybridized carbons (Fsp3) is 0.562. The first-order valence-corrected chi connectivity index (χ1v) is 7.45. The Hall–Kier alpha value is -1.95. The number of benzene rings is 1. The van der Waals surface area contributed by atoms with Gasteiger partial charge in [0.15, 0.2) is 11.5 Å². The Morgan fingerprint density at radius 3 is 2.73 bits per heavy atom. The Morgan fingerprint density at radius 1 is 1.41 bits per heavy atom. The van der Waals surface area contributed by atoms with Crippen LogP contribution in [0.2, 0.25) is 0 Å². The molecule has 0 saturated carbocycles. The zero-order valence-electron chi connectivity index (χ0n) is 13.3. The minimum absolute atomic E-state index is 0.154. The molecule has 1 aliphatic rings. The molecule has 0 aromatic heterocycles. The van der Waals surface area contributed by atoms with E-state index in [2.05, 4.69) is 5.32 Å². The Bertz CT molecular complexity index is 513. The molecule has 0 aliphatic carbocycles. The molecule has 2 rings (SSSR count). The van der Waals surface area contributed by atoms with Gasteiger partial charge in [-0.3, -0.25) is 0 Å². The van der Waals surface area contributed by atoms with Crippen LogP contribution in [0.4, 0.5) is 4.79 Å². The van der Waals surface area contributed by atoms with E-state index < -0.39 is 11.7 Å². The van der Waals surface area contributed by atoms with Crippen LogP contribution in [0, 0.1) is 0 Å². The van der Waals surface area contributed by atoms with Crippen molar-refractivity contribution < 1.29 is 19.0 Å². The molecule has 2 atom stereocenters. The van der Waals surface area contributed by atoms with E-state index in [1.807, 2.05) is 45.0 Å². The van der Waals surface area contributed by atoms with Crippen molar-refractivity contribution in [2.75, 3.05) is 13.2 Å². The van der Waals surface area contributed by atoms with Gasteiger partial charge in [-0.05, 0) is 32.9 Å². The molecule has 0 spiro atoms. The summed E-state index contributed by atoms with van der Waals surface area (Å²) in [5, 5.41) is 2.77. The van der Waals surface area contributed by atoms with Crippen molar-refractivity contribution in [2.45, 2.75) is 44.9 Å². The Kier molecular flexibility index (Phi) is 5.13. The van der Waals surface area contributed by atoms with Gasteiger partial charge in [0.25, 0.3) is 0 Å². The van der Waals surface area contributed by atoms with Gasteiger partial charge in [0.2, 0.25) is 0 Å². The number of rotatable bonds is 4. The van der Waals surface area contributed by atoms with Crippen molar-refractivity contribution >= 4 is 6.09 Å². The lowest BCUT2D eigenvalue weighted by Crippen LogP contribution is -2.46. The van der Waals surface area contributed by atoms with Gasteiger partial charge in [0.1, 0.15) is 18.3 Å². The molecule has 1 aromatic rings. The summed E-state index contributed by atoms with van der Waals surface area (Å²) in [4.78, 5) is 11.8. The number of hydrogen-bond acceptors (Lipinski definition) is 5. The molecule has 1 aromatic carbocycles. The van der Waals surface area contributed by atoms with Crippen LogP contribution < -0.4 is 20.5 Å². The van der Waals surface area contributed by atoms with E-state index in [0.717, 1.165) is 5.75 Å². The molecule has 6 nitrogen and oxygen atoms in total. The van der Waals surface area contributed by atoms with Crippen molar-refractivity contribution in [3.63, 3.8) is 0 Å². The summed E-state index contributed by atoms with van der Waals surface area (Å²) in [5.74, 6) is 1.45. The highest BCUT2D eigenvalue weighted by Gasteiger charge is 2.25. The highest BCUT2D eigenvalue weighted by Crippen LogP contribution is 2.31. The number of fused-ring (bicyclic) bond motifs is 1. The van der Waals surface area contributed by atoms with E-state index in [1.54, 1.807) is 0 Å². The van der Waals surface area contributed by atoms with Crippen LogP contribution in [-0.4, -0.2) is 37.0 Å². The third kappa shape index (κ3) is 4.80. The second-order valence-electron chi connectivity index (χ2n) is 6.31. The summed E-state index contributed by atoms with van der Waals surface area (Å²) in [5.41, 5.74) is 5.19. The molecule has 6 heteroatoms. The maximum absolute atomic E-state index is 11.8. The average Bonchev–Trinajstić information content (AvgIpc) is 2.44. The third-order valence-electron chi connectivity index (χ3n) is 3.12. The molecule has 1 heterocycles. The summed E-state index contributed by atoms with van der Waals surface area (Å²) in [7, 11) is 0. The topological polar surface area (TPSA) is 82.8 Å². The summed E-state index contributed by atoms with van der Waals surface area (Å²) in [6, 6.07) is 7.29. The molecule has 122 valence electrons. The molecule has 1 aliphatic heterocycles. The Labute approximate surface area is 130 Å². The van der Waals surface area contributed by atoms with Crippen LogP contribution in [0.15, 0.2) is 24.3 Å². The Morgan fingerprint density at radius 2 is 2.09 bits per heavy atom. The number of nitrogens with one attached hydrogen (secondary N) is 1. The third-order valence-corrected chi connectivity index (χ3v) is 3.12. The minimum Gasteiger partial charge on any atom is -0.486 e. The van der Waals surface area contributed by atoms with Gasteiger partial charge in [0.05, 0.1) is 0 Å². The quantitative estimate of drug-likeness (QED) is 0.889. The minimum atomic E-state index is -0.535. The fourth-order valence-electron chi connectivity index (χ4n) is 2.18. The number of amides is 1. The molecule has 0 saturated heterocycles. The Balaban J connectivity index is 1.87. The van der Waals surface area contributed by atoms with Gasteiger partial charge in [-0.15, -0.1) is 0 Å². The smallest absolute Gasteiger partial charge is 0.407 e. The number of nitrogens with two attached hydrogens (primary N) is 1. The van der Waals surface area contributed by atoms with Gasteiger partial charge >= 0.3 is 6.09 Å². The van der Waals surface area contributed by atoms with E-state index in [1.165, 1.54) is 0 Å². The van der Waals surface area contributed by atoms with Gasteiger partial charge in [-0.25, -0.2) is 4.79 Å². The molecule has 22 heavy (non-hydrogen) atoms. The molecular weight excluding hydrogens is 284 g/mol. The average molecular weight is 308 g/mol.